The third-order valence-electron chi connectivity index (χ3n) is 3.03. The lowest BCUT2D eigenvalue weighted by molar-refractivity contribution is 0.0957. The number of likely N-dealkylation sites (N-methyl/N-ethyl adjacent to an activating group) is 1. The van der Waals surface area contributed by atoms with E-state index in [-0.39, 0.29) is 11.7 Å². The standard InChI is InChI=1S/C17H17ClN2O2/c1-20(2)11-16(21)12-5-9-15(10-6-12)19-17(22)13-3-7-14(18)8-4-13/h3-10H,11H2,1-2H3,(H,19,22). The lowest BCUT2D eigenvalue weighted by Crippen LogP contribution is -2.21. The van der Waals surface area contributed by atoms with E-state index in [0.29, 0.717) is 28.4 Å². The number of ketones is 1. The number of nitrogens with one attached hydrogen (secondary N) is 1. The summed E-state index contributed by atoms with van der Waals surface area (Å²) in [6.07, 6.45) is 0. The van der Waals surface area contributed by atoms with E-state index in [1.54, 1.807) is 48.5 Å². The molecule has 0 atom stereocenters. The summed E-state index contributed by atoms with van der Waals surface area (Å²) < 4.78 is 0. The zero-order valence-corrected chi connectivity index (χ0v) is 13.2. The molecular weight excluding hydrogens is 300 g/mol. The van der Waals surface area contributed by atoms with Crippen LogP contribution in [0.2, 0.25) is 5.02 Å². The van der Waals surface area contributed by atoms with Gasteiger partial charge in [-0.15, -0.1) is 0 Å². The lowest BCUT2D eigenvalue weighted by Gasteiger charge is -2.09. The van der Waals surface area contributed by atoms with Crippen molar-refractivity contribution in [3.05, 3.63) is 64.7 Å². The minimum absolute atomic E-state index is 0.0422. The van der Waals surface area contributed by atoms with Gasteiger partial charge in [-0.1, -0.05) is 11.6 Å². The maximum absolute atomic E-state index is 12.1. The summed E-state index contributed by atoms with van der Waals surface area (Å²) in [6, 6.07) is 13.5. The molecule has 0 radical (unpaired) electrons. The SMILES string of the molecule is CN(C)CC(=O)c1ccc(NC(=O)c2ccc(Cl)cc2)cc1. The summed E-state index contributed by atoms with van der Waals surface area (Å²) in [4.78, 5) is 25.8. The molecule has 1 amide bonds. The number of Topliss-reactive ketones (excluding diaryl/α,β-unsaturated/α-hetero) is 1. The van der Waals surface area contributed by atoms with Gasteiger partial charge in [0, 0.05) is 21.8 Å². The number of halogens is 1. The zero-order chi connectivity index (χ0) is 16.1. The van der Waals surface area contributed by atoms with Crippen LogP contribution in [-0.4, -0.2) is 37.2 Å². The van der Waals surface area contributed by atoms with Crippen molar-refractivity contribution in [1.82, 2.24) is 4.90 Å². The van der Waals surface area contributed by atoms with Crippen LogP contribution in [0.15, 0.2) is 48.5 Å². The van der Waals surface area contributed by atoms with E-state index in [2.05, 4.69) is 5.32 Å². The molecule has 2 rings (SSSR count). The van der Waals surface area contributed by atoms with Crippen LogP contribution in [0.3, 0.4) is 0 Å². The van der Waals surface area contributed by atoms with Crippen molar-refractivity contribution in [2.24, 2.45) is 0 Å². The van der Waals surface area contributed by atoms with Crippen LogP contribution in [0.1, 0.15) is 20.7 Å². The first-order valence-corrected chi connectivity index (χ1v) is 7.18. The van der Waals surface area contributed by atoms with Crippen molar-refractivity contribution in [2.45, 2.75) is 0 Å². The Morgan fingerprint density at radius 2 is 1.50 bits per heavy atom. The van der Waals surface area contributed by atoms with Crippen LogP contribution in [0, 0.1) is 0 Å². The molecule has 0 aromatic heterocycles. The Labute approximate surface area is 134 Å². The second kappa shape index (κ2) is 7.20. The molecule has 0 saturated heterocycles. The molecule has 22 heavy (non-hydrogen) atoms. The van der Waals surface area contributed by atoms with E-state index in [4.69, 9.17) is 11.6 Å². The van der Waals surface area contributed by atoms with Crippen LogP contribution in [-0.2, 0) is 0 Å². The number of rotatable bonds is 5. The molecule has 0 aliphatic rings. The van der Waals surface area contributed by atoms with Gasteiger partial charge >= 0.3 is 0 Å². The van der Waals surface area contributed by atoms with Crippen LogP contribution in [0.4, 0.5) is 5.69 Å². The van der Waals surface area contributed by atoms with Crippen molar-refractivity contribution >= 4 is 29.0 Å². The molecule has 0 bridgehead atoms. The van der Waals surface area contributed by atoms with Gasteiger partial charge in [0.15, 0.2) is 5.78 Å². The van der Waals surface area contributed by atoms with E-state index in [1.165, 1.54) is 0 Å². The summed E-state index contributed by atoms with van der Waals surface area (Å²) in [6.45, 7) is 0.358. The maximum atomic E-state index is 12.1. The molecule has 4 nitrogen and oxygen atoms in total. The third-order valence-corrected chi connectivity index (χ3v) is 3.28. The molecule has 0 fully saturated rings. The molecule has 0 unspecified atom stereocenters. The first-order valence-electron chi connectivity index (χ1n) is 6.80. The van der Waals surface area contributed by atoms with E-state index < -0.39 is 0 Å². The summed E-state index contributed by atoms with van der Waals surface area (Å²) in [5.74, 6) is -0.176. The molecule has 2 aromatic rings. The highest BCUT2D eigenvalue weighted by Crippen LogP contribution is 2.14. The van der Waals surface area contributed by atoms with Crippen LogP contribution in [0.25, 0.3) is 0 Å². The predicted octanol–water partition coefficient (Wildman–Crippen LogP) is 3.34. The summed E-state index contributed by atoms with van der Waals surface area (Å²) >= 11 is 5.79. The topological polar surface area (TPSA) is 49.4 Å². The highest BCUT2D eigenvalue weighted by atomic mass is 35.5. The first kappa shape index (κ1) is 16.2. The molecule has 0 spiro atoms. The van der Waals surface area contributed by atoms with Crippen molar-refractivity contribution in [2.75, 3.05) is 26.0 Å². The van der Waals surface area contributed by atoms with E-state index in [1.807, 2.05) is 19.0 Å². The minimum atomic E-state index is -0.218. The number of anilines is 1. The van der Waals surface area contributed by atoms with E-state index in [0.717, 1.165) is 0 Å². The number of amides is 1. The van der Waals surface area contributed by atoms with Gasteiger partial charge in [0.25, 0.3) is 5.91 Å². The molecule has 0 aliphatic carbocycles. The van der Waals surface area contributed by atoms with Gasteiger partial charge in [-0.25, -0.2) is 0 Å². The molecule has 5 heteroatoms. The number of hydrogen-bond donors (Lipinski definition) is 1. The van der Waals surface area contributed by atoms with Gasteiger partial charge in [0.2, 0.25) is 0 Å². The van der Waals surface area contributed by atoms with Crippen molar-refractivity contribution in [3.63, 3.8) is 0 Å². The van der Waals surface area contributed by atoms with E-state index in [9.17, 15) is 9.59 Å². The van der Waals surface area contributed by atoms with Crippen LogP contribution >= 0.6 is 11.6 Å². The monoisotopic (exact) mass is 316 g/mol. The van der Waals surface area contributed by atoms with Crippen molar-refractivity contribution in [3.8, 4) is 0 Å². The van der Waals surface area contributed by atoms with Crippen LogP contribution in [0.5, 0.6) is 0 Å². The maximum Gasteiger partial charge on any atom is 0.255 e. The predicted molar refractivity (Wildman–Crippen MR) is 88.7 cm³/mol. The molecular formula is C17H17ClN2O2. The van der Waals surface area contributed by atoms with E-state index >= 15 is 0 Å². The molecule has 0 saturated carbocycles. The van der Waals surface area contributed by atoms with Crippen LogP contribution < -0.4 is 5.32 Å². The number of carbonyl (C=O) groups is 2. The second-order valence-corrected chi connectivity index (χ2v) is 5.64. The number of benzene rings is 2. The quantitative estimate of drug-likeness (QED) is 0.861. The lowest BCUT2D eigenvalue weighted by atomic mass is 10.1. The van der Waals surface area contributed by atoms with Gasteiger partial charge in [0.1, 0.15) is 0 Å². The highest BCUT2D eigenvalue weighted by Gasteiger charge is 2.09. The minimum Gasteiger partial charge on any atom is -0.322 e. The fourth-order valence-electron chi connectivity index (χ4n) is 1.92. The van der Waals surface area contributed by atoms with Gasteiger partial charge in [-0.2, -0.15) is 0 Å². The third kappa shape index (κ3) is 4.41. The smallest absolute Gasteiger partial charge is 0.255 e. The van der Waals surface area contributed by atoms with Gasteiger partial charge in [-0.3, -0.25) is 9.59 Å². The Balaban J connectivity index is 2.03. The zero-order valence-electron chi connectivity index (χ0n) is 12.5. The molecule has 0 aliphatic heterocycles. The number of hydrogen-bond acceptors (Lipinski definition) is 3. The normalized spacial score (nSPS) is 10.5. The van der Waals surface area contributed by atoms with Gasteiger partial charge in [0.05, 0.1) is 6.54 Å². The summed E-state index contributed by atoms with van der Waals surface area (Å²) in [7, 11) is 3.69. The molecule has 114 valence electrons. The average molecular weight is 317 g/mol. The Morgan fingerprint density at radius 1 is 0.955 bits per heavy atom. The Hall–Kier alpha value is -2.17. The van der Waals surface area contributed by atoms with Crippen molar-refractivity contribution in [1.29, 1.82) is 0 Å². The largest absolute Gasteiger partial charge is 0.322 e. The number of nitrogens with zero attached hydrogens (tertiary/aromatic N) is 1. The first-order chi connectivity index (χ1) is 10.5. The van der Waals surface area contributed by atoms with Gasteiger partial charge < -0.3 is 10.2 Å². The number of carbonyl (C=O) groups excluding carboxylic acids is 2. The van der Waals surface area contributed by atoms with Crippen molar-refractivity contribution < 1.29 is 9.59 Å². The Morgan fingerprint density at radius 3 is 2.05 bits per heavy atom. The average Bonchev–Trinajstić information content (AvgIpc) is 2.48. The molecule has 0 heterocycles. The van der Waals surface area contributed by atoms with Gasteiger partial charge in [-0.05, 0) is 62.6 Å². The Kier molecular flexibility index (Phi) is 5.31. The highest BCUT2D eigenvalue weighted by molar-refractivity contribution is 6.30. The summed E-state index contributed by atoms with van der Waals surface area (Å²) in [5.41, 5.74) is 1.79. The fourth-order valence-corrected chi connectivity index (χ4v) is 2.05. The second-order valence-electron chi connectivity index (χ2n) is 5.20. The fraction of sp³-hybridized carbons (Fsp3) is 0.176. The Bertz CT molecular complexity index is 664. The molecule has 2 aromatic carbocycles. The summed E-state index contributed by atoms with van der Waals surface area (Å²) in [5, 5.41) is 3.36. The molecule has 1 N–H and O–H groups in total.